The fourth-order valence-corrected chi connectivity index (χ4v) is 3.27. The molecule has 0 spiro atoms. The molecule has 0 radical (unpaired) electrons. The Morgan fingerprint density at radius 1 is 1.32 bits per heavy atom. The molecule has 1 saturated carbocycles. The minimum absolute atomic E-state index is 0.0340. The number of rotatable bonds is 4. The Labute approximate surface area is 159 Å². The van der Waals surface area contributed by atoms with Crippen LogP contribution < -0.4 is 15.3 Å². The van der Waals surface area contributed by atoms with Crippen LogP contribution in [-0.2, 0) is 6.18 Å². The second-order valence-corrected chi connectivity index (χ2v) is 6.99. The summed E-state index contributed by atoms with van der Waals surface area (Å²) >= 11 is 0. The van der Waals surface area contributed by atoms with Gasteiger partial charge >= 0.3 is 18.1 Å². The van der Waals surface area contributed by atoms with Gasteiger partial charge in [-0.3, -0.25) is 14.8 Å². The quantitative estimate of drug-likeness (QED) is 0.772. The van der Waals surface area contributed by atoms with Crippen molar-refractivity contribution in [3.05, 3.63) is 30.2 Å². The van der Waals surface area contributed by atoms with Crippen LogP contribution in [0.5, 0.6) is 0 Å². The number of carbonyl (C=O) groups excluding carboxylic acids is 1. The molecule has 2 heterocycles. The van der Waals surface area contributed by atoms with Crippen LogP contribution in [0.15, 0.2) is 29.0 Å². The molecule has 28 heavy (non-hydrogen) atoms. The van der Waals surface area contributed by atoms with Gasteiger partial charge in [0.1, 0.15) is 5.69 Å². The van der Waals surface area contributed by atoms with Gasteiger partial charge in [-0.2, -0.15) is 13.2 Å². The summed E-state index contributed by atoms with van der Waals surface area (Å²) in [5.74, 6) is 0.106. The predicted molar refractivity (Wildman–Crippen MR) is 93.6 cm³/mol. The Morgan fingerprint density at radius 2 is 2.11 bits per heavy atom. The predicted octanol–water partition coefficient (Wildman–Crippen LogP) is 3.07. The number of alkyl halides is 3. The molecular formula is C17H22F3N6O2+. The van der Waals surface area contributed by atoms with Gasteiger partial charge in [0, 0.05) is 30.8 Å². The highest BCUT2D eigenvalue weighted by atomic mass is 19.4. The van der Waals surface area contributed by atoms with Crippen LogP contribution in [0, 0.1) is 0 Å². The smallest absolute Gasteiger partial charge is 0.308 e. The number of anilines is 2. The highest BCUT2D eigenvalue weighted by Crippen LogP contribution is 2.29. The van der Waals surface area contributed by atoms with Crippen molar-refractivity contribution in [2.24, 2.45) is 0 Å². The summed E-state index contributed by atoms with van der Waals surface area (Å²) in [5, 5.41) is 8.71. The standard InChI is InChI=1S/C17H21F3N6O2/c1-25(2)12-4-3-5-13(9-12)26-10-15(28-24-26)23-16(27)22-11-6-7-21-14(8-11)17(18,19)20/h6-8,10,12-13H,3-5,9H2,1-2H3,(H-,21,22,23,24,27)/p+1/t12-,13+/m0/s1. The first-order valence-corrected chi connectivity index (χ1v) is 8.88. The number of hydrogen-bond donors (Lipinski definition) is 2. The van der Waals surface area contributed by atoms with E-state index in [1.54, 1.807) is 10.9 Å². The van der Waals surface area contributed by atoms with Gasteiger partial charge in [-0.05, 0) is 43.8 Å². The maximum absolute atomic E-state index is 12.7. The van der Waals surface area contributed by atoms with E-state index in [1.165, 1.54) is 6.07 Å². The molecule has 8 nitrogen and oxygen atoms in total. The van der Waals surface area contributed by atoms with Gasteiger partial charge in [0.2, 0.25) is 5.27 Å². The summed E-state index contributed by atoms with van der Waals surface area (Å²) in [6, 6.07) is 1.90. The van der Waals surface area contributed by atoms with E-state index in [0.717, 1.165) is 37.9 Å². The van der Waals surface area contributed by atoms with Gasteiger partial charge in [-0.1, -0.05) is 0 Å². The van der Waals surface area contributed by atoms with Gasteiger partial charge in [0.15, 0.2) is 6.04 Å². The molecule has 3 rings (SSSR count). The molecule has 1 aliphatic carbocycles. The molecule has 11 heteroatoms. The lowest BCUT2D eigenvalue weighted by Crippen LogP contribution is -2.46. The molecule has 152 valence electrons. The first-order chi connectivity index (χ1) is 13.2. The summed E-state index contributed by atoms with van der Waals surface area (Å²) in [5.41, 5.74) is -1.12. The van der Waals surface area contributed by atoms with E-state index >= 15 is 0 Å². The molecule has 0 bridgehead atoms. The molecule has 2 aromatic heterocycles. The second-order valence-electron chi connectivity index (χ2n) is 6.99. The number of nitrogens with one attached hydrogen (secondary N) is 2. The van der Waals surface area contributed by atoms with Crippen molar-refractivity contribution in [1.29, 1.82) is 0 Å². The normalized spacial score (nSPS) is 20.2. The average molecular weight is 399 g/mol. The van der Waals surface area contributed by atoms with Crippen LogP contribution in [0.4, 0.5) is 29.5 Å². The zero-order valence-electron chi connectivity index (χ0n) is 15.5. The first-order valence-electron chi connectivity index (χ1n) is 8.88. The lowest BCUT2D eigenvalue weighted by atomic mass is 9.90. The summed E-state index contributed by atoms with van der Waals surface area (Å²) in [4.78, 5) is 17.5. The number of urea groups is 1. The maximum Gasteiger partial charge on any atom is 0.433 e. The van der Waals surface area contributed by atoms with E-state index in [-0.39, 0.29) is 17.6 Å². The third-order valence-electron chi connectivity index (χ3n) is 4.75. The minimum atomic E-state index is -4.59. The summed E-state index contributed by atoms with van der Waals surface area (Å²) < 4.78 is 44.9. The van der Waals surface area contributed by atoms with Crippen LogP contribution in [-0.4, -0.2) is 41.3 Å². The lowest BCUT2D eigenvalue weighted by molar-refractivity contribution is -0.787. The van der Waals surface area contributed by atoms with Gasteiger partial charge in [0.25, 0.3) is 6.20 Å². The summed E-state index contributed by atoms with van der Waals surface area (Å²) in [6.45, 7) is 0. The zero-order valence-corrected chi connectivity index (χ0v) is 15.5. The third-order valence-corrected chi connectivity index (χ3v) is 4.75. The SMILES string of the molecule is CN(C)[C@H]1CCC[C@@H]([n+]2cc(NC(=O)Nc3ccnc(C(F)(F)F)c3)on2)C1. The Hall–Kier alpha value is -2.69. The van der Waals surface area contributed by atoms with Crippen molar-refractivity contribution >= 4 is 17.6 Å². The molecule has 0 unspecified atom stereocenters. The average Bonchev–Trinajstić information content (AvgIpc) is 3.09. The molecule has 0 aliphatic heterocycles. The van der Waals surface area contributed by atoms with Crippen molar-refractivity contribution in [1.82, 2.24) is 15.2 Å². The fourth-order valence-electron chi connectivity index (χ4n) is 3.27. The monoisotopic (exact) mass is 399 g/mol. The van der Waals surface area contributed by atoms with Crippen molar-refractivity contribution in [2.75, 3.05) is 24.7 Å². The Morgan fingerprint density at radius 3 is 2.82 bits per heavy atom. The number of halogens is 3. The van der Waals surface area contributed by atoms with Gasteiger partial charge in [0.05, 0.1) is 0 Å². The second kappa shape index (κ2) is 8.13. The van der Waals surface area contributed by atoms with Gasteiger partial charge in [-0.25, -0.2) is 4.79 Å². The molecule has 0 saturated heterocycles. The van der Waals surface area contributed by atoms with Crippen LogP contribution in [0.25, 0.3) is 0 Å². The van der Waals surface area contributed by atoms with E-state index in [0.29, 0.717) is 6.04 Å². The van der Waals surface area contributed by atoms with Crippen LogP contribution in [0.3, 0.4) is 0 Å². The van der Waals surface area contributed by atoms with Crippen LogP contribution in [0.2, 0.25) is 0 Å². The van der Waals surface area contributed by atoms with Crippen molar-refractivity contribution < 1.29 is 27.2 Å². The minimum Gasteiger partial charge on any atom is -0.308 e. The van der Waals surface area contributed by atoms with E-state index in [4.69, 9.17) is 4.52 Å². The number of carbonyl (C=O) groups is 1. The summed E-state index contributed by atoms with van der Waals surface area (Å²) in [6.07, 6.45) is 2.05. The van der Waals surface area contributed by atoms with Crippen molar-refractivity contribution in [3.63, 3.8) is 0 Å². The fraction of sp³-hybridized carbons (Fsp3) is 0.529. The first kappa shape index (κ1) is 20.1. The van der Waals surface area contributed by atoms with E-state index in [9.17, 15) is 18.0 Å². The summed E-state index contributed by atoms with van der Waals surface area (Å²) in [7, 11) is 4.09. The van der Waals surface area contributed by atoms with Crippen LogP contribution >= 0.6 is 0 Å². The van der Waals surface area contributed by atoms with E-state index in [1.807, 2.05) is 14.1 Å². The highest BCUT2D eigenvalue weighted by Gasteiger charge is 2.33. The van der Waals surface area contributed by atoms with E-state index in [2.05, 4.69) is 25.8 Å². The number of aromatic nitrogens is 3. The maximum atomic E-state index is 12.7. The molecule has 2 aromatic rings. The molecule has 2 amide bonds. The molecular weight excluding hydrogens is 377 g/mol. The molecule has 2 atom stereocenters. The largest absolute Gasteiger partial charge is 0.433 e. The number of hydrogen-bond acceptors (Lipinski definition) is 5. The number of amides is 2. The molecule has 1 aliphatic rings. The van der Waals surface area contributed by atoms with Gasteiger partial charge in [-0.15, -0.1) is 0 Å². The number of nitrogens with zero attached hydrogens (tertiary/aromatic N) is 4. The topological polar surface area (TPSA) is 87.2 Å². The highest BCUT2D eigenvalue weighted by molar-refractivity contribution is 5.98. The zero-order chi connectivity index (χ0) is 20.3. The van der Waals surface area contributed by atoms with Crippen molar-refractivity contribution in [3.8, 4) is 0 Å². The molecule has 0 aromatic carbocycles. The lowest BCUT2D eigenvalue weighted by Gasteiger charge is -2.29. The Bertz CT molecular complexity index is 823. The Kier molecular flexibility index (Phi) is 5.82. The van der Waals surface area contributed by atoms with Crippen LogP contribution in [0.1, 0.15) is 37.4 Å². The van der Waals surface area contributed by atoms with Gasteiger partial charge < -0.3 is 10.2 Å². The van der Waals surface area contributed by atoms with Crippen molar-refractivity contribution in [2.45, 2.75) is 43.9 Å². The molecule has 1 fully saturated rings. The molecule has 2 N–H and O–H groups in total. The van der Waals surface area contributed by atoms with E-state index < -0.39 is 17.9 Å². The third kappa shape index (κ3) is 4.97. The number of pyridine rings is 1. The Balaban J connectivity index is 1.60.